The summed E-state index contributed by atoms with van der Waals surface area (Å²) in [6, 6.07) is 6.02. The second kappa shape index (κ2) is 15.5. The maximum absolute atomic E-state index is 14.3. The van der Waals surface area contributed by atoms with Crippen molar-refractivity contribution in [1.82, 2.24) is 36.1 Å². The van der Waals surface area contributed by atoms with Crippen molar-refractivity contribution in [2.75, 3.05) is 26.7 Å². The van der Waals surface area contributed by atoms with Crippen molar-refractivity contribution in [1.29, 1.82) is 0 Å². The topological polar surface area (TPSA) is 210 Å². The van der Waals surface area contributed by atoms with Crippen molar-refractivity contribution in [2.24, 2.45) is 5.92 Å². The van der Waals surface area contributed by atoms with E-state index in [1.807, 2.05) is 19.9 Å². The lowest BCUT2D eigenvalue weighted by Crippen LogP contribution is -2.58. The Kier molecular flexibility index (Phi) is 11.5. The van der Waals surface area contributed by atoms with Crippen LogP contribution in [0.2, 0.25) is 0 Å². The smallest absolute Gasteiger partial charge is 0.270 e. The van der Waals surface area contributed by atoms with Crippen LogP contribution >= 0.6 is 0 Å². The van der Waals surface area contributed by atoms with E-state index in [0.717, 1.165) is 16.7 Å². The normalized spacial score (nSPS) is 24.5. The van der Waals surface area contributed by atoms with Crippen molar-refractivity contribution in [2.45, 2.75) is 63.3 Å². The van der Waals surface area contributed by atoms with Gasteiger partial charge in [-0.2, -0.15) is 0 Å². The Morgan fingerprint density at radius 2 is 1.66 bits per heavy atom. The molecule has 1 aromatic heterocycles. The monoisotopic (exact) mass is 651 g/mol. The van der Waals surface area contributed by atoms with Crippen LogP contribution in [0.4, 0.5) is 0 Å². The van der Waals surface area contributed by atoms with Gasteiger partial charge in [0, 0.05) is 26.1 Å². The number of nitrogens with one attached hydrogen (secondary N) is 4. The van der Waals surface area contributed by atoms with Crippen molar-refractivity contribution in [3.8, 4) is 5.75 Å². The summed E-state index contributed by atoms with van der Waals surface area (Å²) in [5, 5.41) is 30.3. The zero-order valence-corrected chi connectivity index (χ0v) is 26.5. The van der Waals surface area contributed by atoms with Crippen molar-refractivity contribution in [3.05, 3.63) is 59.9 Å². The third kappa shape index (κ3) is 9.03. The molecule has 15 heteroatoms. The van der Waals surface area contributed by atoms with Gasteiger partial charge in [0.15, 0.2) is 0 Å². The molecule has 252 valence electrons. The molecule has 0 saturated carbocycles. The molecule has 3 heterocycles. The first-order valence-corrected chi connectivity index (χ1v) is 15.4. The van der Waals surface area contributed by atoms with E-state index in [2.05, 4.69) is 26.3 Å². The van der Waals surface area contributed by atoms with Gasteiger partial charge in [0.25, 0.3) is 5.91 Å². The zero-order chi connectivity index (χ0) is 34.2. The highest BCUT2D eigenvalue weighted by Gasteiger charge is 2.44. The molecule has 47 heavy (non-hydrogen) atoms. The number of aromatic nitrogens is 1. The summed E-state index contributed by atoms with van der Waals surface area (Å²) in [5.41, 5.74) is 0.731. The molecule has 0 unspecified atom stereocenters. The molecular formula is C32H41N7O8. The fraction of sp³-hybridized carbons (Fsp3) is 0.469. The number of pyridine rings is 1. The van der Waals surface area contributed by atoms with E-state index < -0.39 is 78.8 Å². The Balaban J connectivity index is 1.71. The fourth-order valence-corrected chi connectivity index (χ4v) is 5.69. The molecule has 4 rings (SSSR count). The molecule has 6 N–H and O–H groups in total. The highest BCUT2D eigenvalue weighted by molar-refractivity contribution is 5.98. The Morgan fingerprint density at radius 3 is 2.30 bits per heavy atom. The van der Waals surface area contributed by atoms with E-state index in [1.165, 1.54) is 24.1 Å². The lowest BCUT2D eigenvalue weighted by Gasteiger charge is -2.30. The van der Waals surface area contributed by atoms with Crippen LogP contribution in [0.5, 0.6) is 5.75 Å². The van der Waals surface area contributed by atoms with E-state index in [4.69, 9.17) is 0 Å². The number of likely N-dealkylation sites (N-methyl/N-ethyl adjacent to an activating group) is 1. The number of amides is 6. The number of hydrogen-bond acceptors (Lipinski definition) is 9. The Bertz CT molecular complexity index is 1470. The van der Waals surface area contributed by atoms with Gasteiger partial charge in [-0.25, -0.2) is 4.98 Å². The van der Waals surface area contributed by atoms with Crippen LogP contribution < -0.4 is 21.3 Å². The minimum absolute atomic E-state index is 0.00414. The molecule has 2 saturated heterocycles. The lowest BCUT2D eigenvalue weighted by atomic mass is 10.0. The van der Waals surface area contributed by atoms with Crippen LogP contribution in [-0.2, 0) is 30.4 Å². The summed E-state index contributed by atoms with van der Waals surface area (Å²) in [4.78, 5) is 87.0. The third-order valence-corrected chi connectivity index (χ3v) is 8.01. The van der Waals surface area contributed by atoms with Crippen LogP contribution in [0.15, 0.2) is 48.7 Å². The molecule has 2 fully saturated rings. The van der Waals surface area contributed by atoms with Gasteiger partial charge in [-0.3, -0.25) is 28.8 Å². The molecule has 2 aliphatic rings. The number of aliphatic hydroxyl groups excluding tert-OH is 1. The number of nitrogens with zero attached hydrogens (tertiary/aromatic N) is 3. The number of aliphatic hydroxyl groups is 1. The van der Waals surface area contributed by atoms with Gasteiger partial charge in [-0.05, 0) is 36.5 Å². The van der Waals surface area contributed by atoms with Crippen LogP contribution in [0.25, 0.3) is 0 Å². The Labute approximate surface area is 272 Å². The number of carbonyl (C=O) groups excluding carboxylic acids is 6. The molecule has 0 bridgehead atoms. The van der Waals surface area contributed by atoms with Gasteiger partial charge >= 0.3 is 0 Å². The largest absolute Gasteiger partial charge is 0.506 e. The molecular weight excluding hydrogens is 610 g/mol. The lowest BCUT2D eigenvalue weighted by molar-refractivity contribution is -0.143. The summed E-state index contributed by atoms with van der Waals surface area (Å²) in [6.45, 7) is 2.39. The molecule has 1 aromatic carbocycles. The van der Waals surface area contributed by atoms with E-state index >= 15 is 0 Å². The first-order valence-electron chi connectivity index (χ1n) is 15.4. The van der Waals surface area contributed by atoms with Gasteiger partial charge in [0.05, 0.1) is 19.3 Å². The SMILES string of the molecule is CC(C)C[C@@H]1NC(=O)CN(C)C(=O)[C@H](CO)NC(=O)[C@@H]2C[C@H](NC(=O)c3ccc(O)cn3)CN2C(=O)[C@H](Cc2ccccc2)NC1=O. The highest BCUT2D eigenvalue weighted by Crippen LogP contribution is 2.22. The maximum Gasteiger partial charge on any atom is 0.270 e. The summed E-state index contributed by atoms with van der Waals surface area (Å²) in [7, 11) is 1.33. The van der Waals surface area contributed by atoms with Gasteiger partial charge in [0.2, 0.25) is 29.5 Å². The molecule has 2 aromatic rings. The van der Waals surface area contributed by atoms with Gasteiger partial charge in [0.1, 0.15) is 35.6 Å². The van der Waals surface area contributed by atoms with Crippen LogP contribution in [0.3, 0.4) is 0 Å². The highest BCUT2D eigenvalue weighted by atomic mass is 16.3. The average molecular weight is 652 g/mol. The minimum Gasteiger partial charge on any atom is -0.506 e. The van der Waals surface area contributed by atoms with Gasteiger partial charge in [-0.1, -0.05) is 44.2 Å². The van der Waals surface area contributed by atoms with E-state index in [-0.39, 0.29) is 43.2 Å². The summed E-state index contributed by atoms with van der Waals surface area (Å²) < 4.78 is 0. The molecule has 0 spiro atoms. The van der Waals surface area contributed by atoms with Crippen molar-refractivity contribution < 1.29 is 39.0 Å². The molecule has 0 aliphatic carbocycles. The fourth-order valence-electron chi connectivity index (χ4n) is 5.69. The number of hydrogen-bond donors (Lipinski definition) is 6. The van der Waals surface area contributed by atoms with Crippen molar-refractivity contribution in [3.63, 3.8) is 0 Å². The summed E-state index contributed by atoms with van der Waals surface area (Å²) in [6.07, 6.45) is 1.37. The second-order valence-electron chi connectivity index (χ2n) is 12.3. The van der Waals surface area contributed by atoms with E-state index in [0.29, 0.717) is 0 Å². The van der Waals surface area contributed by atoms with Gasteiger partial charge in [-0.15, -0.1) is 0 Å². The minimum atomic E-state index is -1.43. The van der Waals surface area contributed by atoms with Crippen LogP contribution in [0, 0.1) is 5.92 Å². The number of fused-ring (bicyclic) bond motifs is 1. The predicted molar refractivity (Wildman–Crippen MR) is 167 cm³/mol. The Morgan fingerprint density at radius 1 is 0.957 bits per heavy atom. The molecule has 15 nitrogen and oxygen atoms in total. The first-order chi connectivity index (χ1) is 22.4. The number of rotatable bonds is 7. The molecule has 6 amide bonds. The first kappa shape index (κ1) is 34.8. The van der Waals surface area contributed by atoms with E-state index in [1.54, 1.807) is 24.3 Å². The zero-order valence-electron chi connectivity index (χ0n) is 26.5. The molecule has 5 atom stereocenters. The maximum atomic E-state index is 14.3. The quantitative estimate of drug-likeness (QED) is 0.210. The standard InChI is InChI=1S/C32H41N7O8/c1-18(2)11-23-29(44)36-24(12-19-7-5-4-6-8-19)32(47)39-15-20(34-28(43)22-10-9-21(41)14-33-22)13-26(39)30(45)37-25(17-40)31(46)38(3)16-27(42)35-23/h4-10,14,18,20,23-26,40-41H,11-13,15-17H2,1-3H3,(H,34,43)(H,35,42)(H,36,44)(H,37,45)/t20-,23-,24-,25-,26-/m0/s1. The third-order valence-electron chi connectivity index (χ3n) is 8.01. The number of carbonyl (C=O) groups is 6. The summed E-state index contributed by atoms with van der Waals surface area (Å²) in [5.74, 6) is -4.12. The van der Waals surface area contributed by atoms with Crippen LogP contribution in [-0.4, -0.2) is 117 Å². The number of aromatic hydroxyl groups is 1. The van der Waals surface area contributed by atoms with E-state index in [9.17, 15) is 39.0 Å². The van der Waals surface area contributed by atoms with Crippen LogP contribution in [0.1, 0.15) is 42.7 Å². The molecule has 2 aliphatic heterocycles. The second-order valence-corrected chi connectivity index (χ2v) is 12.3. The average Bonchev–Trinajstić information content (AvgIpc) is 3.46. The van der Waals surface area contributed by atoms with Gasteiger partial charge < -0.3 is 41.3 Å². The Hall–Kier alpha value is -5.05. The van der Waals surface area contributed by atoms with Crippen molar-refractivity contribution >= 4 is 35.4 Å². The number of benzene rings is 1. The predicted octanol–water partition coefficient (Wildman–Crippen LogP) is -1.31. The molecule has 0 radical (unpaired) electrons. The summed E-state index contributed by atoms with van der Waals surface area (Å²) >= 11 is 0.